The van der Waals surface area contributed by atoms with Crippen molar-refractivity contribution in [3.05, 3.63) is 33.3 Å². The number of likely N-dealkylation sites (N-methyl/N-ethyl adjacent to an activating group) is 1. The lowest BCUT2D eigenvalue weighted by atomic mass is 10.1. The van der Waals surface area contributed by atoms with E-state index in [-0.39, 0.29) is 11.9 Å². The van der Waals surface area contributed by atoms with Crippen molar-refractivity contribution in [1.82, 2.24) is 4.90 Å². The van der Waals surface area contributed by atoms with Crippen molar-refractivity contribution in [3.63, 3.8) is 0 Å². The predicted octanol–water partition coefficient (Wildman–Crippen LogP) is 2.91. The van der Waals surface area contributed by atoms with E-state index in [4.69, 9.17) is 17.3 Å². The van der Waals surface area contributed by atoms with E-state index in [0.717, 1.165) is 17.3 Å². The van der Waals surface area contributed by atoms with Crippen molar-refractivity contribution in [2.24, 2.45) is 11.7 Å². The first kappa shape index (κ1) is 13.8. The lowest BCUT2D eigenvalue weighted by molar-refractivity contribution is 0.0719. The fourth-order valence-corrected chi connectivity index (χ4v) is 2.71. The molecule has 0 heterocycles. The first-order valence-corrected chi connectivity index (χ1v) is 7.14. The number of nitrogens with zero attached hydrogens (tertiary/aromatic N) is 1. The van der Waals surface area contributed by atoms with E-state index in [1.807, 2.05) is 6.07 Å². The molecule has 1 fully saturated rings. The quantitative estimate of drug-likeness (QED) is 0.922. The zero-order chi connectivity index (χ0) is 13.3. The molecule has 0 radical (unpaired) electrons. The Hall–Kier alpha value is -0.580. The molecule has 2 N–H and O–H groups in total. The fourth-order valence-electron chi connectivity index (χ4n) is 2.15. The molecule has 0 spiro atoms. The van der Waals surface area contributed by atoms with Gasteiger partial charge in [-0.1, -0.05) is 27.5 Å². The van der Waals surface area contributed by atoms with Gasteiger partial charge in [-0.15, -0.1) is 0 Å². The molecule has 2 rings (SSSR count). The molecule has 1 unspecified atom stereocenters. The van der Waals surface area contributed by atoms with E-state index in [2.05, 4.69) is 15.9 Å². The van der Waals surface area contributed by atoms with Crippen LogP contribution in [0.25, 0.3) is 0 Å². The summed E-state index contributed by atoms with van der Waals surface area (Å²) in [5.74, 6) is 0.485. The largest absolute Gasteiger partial charge is 0.337 e. The van der Waals surface area contributed by atoms with Crippen LogP contribution < -0.4 is 5.73 Å². The van der Waals surface area contributed by atoms with Crippen molar-refractivity contribution < 1.29 is 4.79 Å². The second-order valence-electron chi connectivity index (χ2n) is 4.68. The summed E-state index contributed by atoms with van der Waals surface area (Å²) >= 11 is 9.43. The van der Waals surface area contributed by atoms with Crippen LogP contribution in [0.2, 0.25) is 5.02 Å². The van der Waals surface area contributed by atoms with E-state index in [1.165, 1.54) is 0 Å². The smallest absolute Gasteiger partial charge is 0.255 e. The molecule has 1 aromatic carbocycles. The minimum Gasteiger partial charge on any atom is -0.337 e. The number of carbonyl (C=O) groups is 1. The predicted molar refractivity (Wildman–Crippen MR) is 76.8 cm³/mol. The van der Waals surface area contributed by atoms with E-state index in [0.29, 0.717) is 23.0 Å². The highest BCUT2D eigenvalue weighted by Gasteiger charge is 2.35. The van der Waals surface area contributed by atoms with Gasteiger partial charge in [-0.25, -0.2) is 0 Å². The van der Waals surface area contributed by atoms with Crippen LogP contribution in [0, 0.1) is 5.92 Å². The highest BCUT2D eigenvalue weighted by Crippen LogP contribution is 2.35. The van der Waals surface area contributed by atoms with Crippen LogP contribution in [-0.4, -0.2) is 30.4 Å². The maximum atomic E-state index is 12.4. The molecular formula is C13H16BrClN2O. The van der Waals surface area contributed by atoms with Crippen LogP contribution in [-0.2, 0) is 0 Å². The number of carbonyl (C=O) groups excluding carboxylic acids is 1. The molecule has 1 amide bonds. The van der Waals surface area contributed by atoms with E-state index in [9.17, 15) is 4.79 Å². The minimum absolute atomic E-state index is 0.0661. The van der Waals surface area contributed by atoms with Crippen LogP contribution in [0.3, 0.4) is 0 Å². The lowest BCUT2D eigenvalue weighted by Crippen LogP contribution is -2.43. The summed E-state index contributed by atoms with van der Waals surface area (Å²) < 4.78 is 0.847. The zero-order valence-corrected chi connectivity index (χ0v) is 12.5. The third-order valence-electron chi connectivity index (χ3n) is 3.38. The van der Waals surface area contributed by atoms with Gasteiger partial charge in [0.25, 0.3) is 5.91 Å². The molecule has 0 bridgehead atoms. The molecule has 3 nitrogen and oxygen atoms in total. The number of rotatable bonds is 4. The Balaban J connectivity index is 2.21. The highest BCUT2D eigenvalue weighted by atomic mass is 79.9. The normalized spacial score (nSPS) is 16.4. The minimum atomic E-state index is -0.0661. The van der Waals surface area contributed by atoms with E-state index >= 15 is 0 Å². The topological polar surface area (TPSA) is 46.3 Å². The Kier molecular flexibility index (Phi) is 4.30. The molecule has 1 atom stereocenters. The fraction of sp³-hybridized carbons (Fsp3) is 0.462. The maximum Gasteiger partial charge on any atom is 0.255 e. The molecule has 18 heavy (non-hydrogen) atoms. The number of benzene rings is 1. The third-order valence-corrected chi connectivity index (χ3v) is 4.21. The summed E-state index contributed by atoms with van der Waals surface area (Å²) in [6.07, 6.45) is 2.32. The maximum absolute atomic E-state index is 12.4. The van der Waals surface area contributed by atoms with Crippen LogP contribution >= 0.6 is 27.5 Å². The van der Waals surface area contributed by atoms with Gasteiger partial charge in [0.1, 0.15) is 0 Å². The molecule has 1 aliphatic rings. The Morgan fingerprint density at radius 1 is 1.61 bits per heavy atom. The third kappa shape index (κ3) is 2.87. The van der Waals surface area contributed by atoms with E-state index < -0.39 is 0 Å². The average molecular weight is 332 g/mol. The molecule has 1 aliphatic carbocycles. The van der Waals surface area contributed by atoms with E-state index in [1.54, 1.807) is 24.1 Å². The van der Waals surface area contributed by atoms with Crippen LogP contribution in [0.5, 0.6) is 0 Å². The second-order valence-corrected chi connectivity index (χ2v) is 6.00. The monoisotopic (exact) mass is 330 g/mol. The molecule has 1 saturated carbocycles. The van der Waals surface area contributed by atoms with Crippen molar-refractivity contribution in [3.8, 4) is 0 Å². The molecule has 0 saturated heterocycles. The molecule has 0 aliphatic heterocycles. The van der Waals surface area contributed by atoms with Crippen LogP contribution in [0.4, 0.5) is 0 Å². The van der Waals surface area contributed by atoms with Crippen molar-refractivity contribution in [1.29, 1.82) is 0 Å². The highest BCUT2D eigenvalue weighted by molar-refractivity contribution is 9.10. The van der Waals surface area contributed by atoms with Gasteiger partial charge in [0.15, 0.2) is 0 Å². The Morgan fingerprint density at radius 3 is 2.83 bits per heavy atom. The second kappa shape index (κ2) is 5.59. The summed E-state index contributed by atoms with van der Waals surface area (Å²) in [4.78, 5) is 14.1. The number of halogens is 2. The standard InChI is InChI=1S/C13H16BrClN2O/c1-17(12(7-16)8-2-3-8)13(18)10-6-9(14)4-5-11(10)15/h4-6,8,12H,2-3,7,16H2,1H3. The summed E-state index contributed by atoms with van der Waals surface area (Å²) in [6, 6.07) is 5.41. The summed E-state index contributed by atoms with van der Waals surface area (Å²) in [5.41, 5.74) is 6.28. The molecule has 98 valence electrons. The van der Waals surface area contributed by atoms with Gasteiger partial charge in [0, 0.05) is 24.1 Å². The van der Waals surface area contributed by atoms with Gasteiger partial charge in [-0.3, -0.25) is 4.79 Å². The molecule has 1 aromatic rings. The number of amides is 1. The van der Waals surface area contributed by atoms with Crippen molar-refractivity contribution in [2.75, 3.05) is 13.6 Å². The van der Waals surface area contributed by atoms with Crippen LogP contribution in [0.15, 0.2) is 22.7 Å². The summed E-state index contributed by atoms with van der Waals surface area (Å²) in [5, 5.41) is 0.474. The zero-order valence-electron chi connectivity index (χ0n) is 10.2. The number of hydrogen-bond donors (Lipinski definition) is 1. The Bertz CT molecular complexity index is 462. The summed E-state index contributed by atoms with van der Waals surface area (Å²) in [7, 11) is 1.80. The van der Waals surface area contributed by atoms with Gasteiger partial charge >= 0.3 is 0 Å². The molecule has 0 aromatic heterocycles. The lowest BCUT2D eigenvalue weighted by Gasteiger charge is -2.27. The Labute approximate surface area is 120 Å². The van der Waals surface area contributed by atoms with Gasteiger partial charge in [0.05, 0.1) is 10.6 Å². The van der Waals surface area contributed by atoms with Crippen molar-refractivity contribution in [2.45, 2.75) is 18.9 Å². The van der Waals surface area contributed by atoms with Gasteiger partial charge in [0.2, 0.25) is 0 Å². The first-order chi connectivity index (χ1) is 8.54. The van der Waals surface area contributed by atoms with Gasteiger partial charge < -0.3 is 10.6 Å². The Morgan fingerprint density at radius 2 is 2.28 bits per heavy atom. The van der Waals surface area contributed by atoms with Crippen molar-refractivity contribution >= 4 is 33.4 Å². The number of nitrogens with two attached hydrogens (primary N) is 1. The average Bonchev–Trinajstić information content (AvgIpc) is 3.16. The van der Waals surface area contributed by atoms with Gasteiger partial charge in [-0.05, 0) is 37.0 Å². The van der Waals surface area contributed by atoms with Crippen LogP contribution in [0.1, 0.15) is 23.2 Å². The molecular weight excluding hydrogens is 316 g/mol. The SMILES string of the molecule is CN(C(=O)c1cc(Br)ccc1Cl)C(CN)C1CC1. The first-order valence-electron chi connectivity index (χ1n) is 5.97. The number of hydrogen-bond acceptors (Lipinski definition) is 2. The molecule has 5 heteroatoms. The van der Waals surface area contributed by atoms with Gasteiger partial charge in [-0.2, -0.15) is 0 Å². The summed E-state index contributed by atoms with van der Waals surface area (Å²) in [6.45, 7) is 0.499.